The molecule has 3 rings (SSSR count). The van der Waals surface area contributed by atoms with Crippen LogP contribution < -0.4 is 5.32 Å². The summed E-state index contributed by atoms with van der Waals surface area (Å²) < 4.78 is 18.2. The van der Waals surface area contributed by atoms with E-state index in [0.717, 1.165) is 24.4 Å². The molecule has 1 aliphatic rings. The van der Waals surface area contributed by atoms with Gasteiger partial charge < -0.3 is 9.84 Å². The third kappa shape index (κ3) is 3.33. The number of rotatable bonds is 5. The van der Waals surface area contributed by atoms with Gasteiger partial charge in [-0.25, -0.2) is 4.39 Å². The molecule has 19 heavy (non-hydrogen) atoms. The van der Waals surface area contributed by atoms with Crippen molar-refractivity contribution in [3.8, 4) is 0 Å². The molecule has 0 spiro atoms. The van der Waals surface area contributed by atoms with Crippen LogP contribution in [0.15, 0.2) is 33.7 Å². The lowest BCUT2D eigenvalue weighted by Crippen LogP contribution is -2.43. The van der Waals surface area contributed by atoms with Gasteiger partial charge in [-0.1, -0.05) is 11.2 Å². The second kappa shape index (κ2) is 5.71. The van der Waals surface area contributed by atoms with E-state index in [1.807, 2.05) is 6.07 Å². The number of benzene rings is 1. The molecule has 0 aliphatic carbocycles. The van der Waals surface area contributed by atoms with Crippen molar-refractivity contribution >= 4 is 11.8 Å². The van der Waals surface area contributed by atoms with Gasteiger partial charge in [0.05, 0.1) is 5.75 Å². The molecule has 0 unspecified atom stereocenters. The monoisotopic (exact) mass is 279 g/mol. The van der Waals surface area contributed by atoms with Crippen LogP contribution in [0.3, 0.4) is 0 Å². The molecule has 1 aliphatic heterocycles. The zero-order valence-electron chi connectivity index (χ0n) is 10.3. The maximum absolute atomic E-state index is 13.0. The first-order valence-electron chi connectivity index (χ1n) is 6.20. The van der Waals surface area contributed by atoms with Crippen molar-refractivity contribution in [1.29, 1.82) is 0 Å². The molecule has 4 nitrogen and oxygen atoms in total. The van der Waals surface area contributed by atoms with Crippen molar-refractivity contribution in [1.82, 2.24) is 15.5 Å². The van der Waals surface area contributed by atoms with E-state index >= 15 is 0 Å². The van der Waals surface area contributed by atoms with Crippen LogP contribution in [-0.2, 0) is 12.2 Å². The number of thioether (sulfide) groups is 1. The fraction of sp³-hybridized carbons (Fsp3) is 0.385. The van der Waals surface area contributed by atoms with Gasteiger partial charge in [-0.15, -0.1) is 11.8 Å². The number of aromatic nitrogens is 2. The summed E-state index contributed by atoms with van der Waals surface area (Å²) in [6.07, 6.45) is 0.838. The first-order chi connectivity index (χ1) is 9.29. The Morgan fingerprint density at radius 1 is 1.42 bits per heavy atom. The summed E-state index contributed by atoms with van der Waals surface area (Å²) in [5, 5.41) is 7.15. The number of hydrogen-bond donors (Lipinski definition) is 1. The van der Waals surface area contributed by atoms with Crippen molar-refractivity contribution in [2.24, 2.45) is 5.92 Å². The fourth-order valence-electron chi connectivity index (χ4n) is 1.88. The molecule has 0 saturated carbocycles. The Labute approximate surface area is 114 Å². The van der Waals surface area contributed by atoms with E-state index < -0.39 is 0 Å². The van der Waals surface area contributed by atoms with E-state index in [2.05, 4.69) is 15.5 Å². The Morgan fingerprint density at radius 3 is 3.05 bits per heavy atom. The van der Waals surface area contributed by atoms with Crippen molar-refractivity contribution in [3.63, 3.8) is 0 Å². The summed E-state index contributed by atoms with van der Waals surface area (Å²) in [4.78, 5) is 5.22. The zero-order chi connectivity index (χ0) is 13.1. The van der Waals surface area contributed by atoms with Gasteiger partial charge in [-0.05, 0) is 37.2 Å². The molecule has 1 fully saturated rings. The van der Waals surface area contributed by atoms with E-state index in [0.29, 0.717) is 23.4 Å². The van der Waals surface area contributed by atoms with Gasteiger partial charge in [0.25, 0.3) is 0 Å². The van der Waals surface area contributed by atoms with Crippen LogP contribution in [0, 0.1) is 11.7 Å². The Hall–Kier alpha value is -1.40. The summed E-state index contributed by atoms with van der Waals surface area (Å²) in [7, 11) is 0. The number of nitrogens with one attached hydrogen (secondary N) is 1. The second-order valence-electron chi connectivity index (χ2n) is 4.58. The van der Waals surface area contributed by atoms with Crippen LogP contribution in [0.5, 0.6) is 0 Å². The second-order valence-corrected chi connectivity index (χ2v) is 5.63. The van der Waals surface area contributed by atoms with Gasteiger partial charge in [0, 0.05) is 11.3 Å². The molecule has 100 valence electrons. The van der Waals surface area contributed by atoms with Crippen molar-refractivity contribution in [2.75, 3.05) is 13.1 Å². The third-order valence-electron chi connectivity index (χ3n) is 3.00. The predicted octanol–water partition coefficient (Wildman–Crippen LogP) is 2.26. The quantitative estimate of drug-likeness (QED) is 0.851. The standard InChI is InChI=1S/C13H14FN3OS/c14-10-2-1-3-11(5-10)19-8-12-16-13(18-17-12)4-9-6-15-7-9/h1-3,5,9,15H,4,6-8H2. The van der Waals surface area contributed by atoms with E-state index in [1.54, 1.807) is 6.07 Å². The van der Waals surface area contributed by atoms with Crippen molar-refractivity contribution in [3.05, 3.63) is 41.8 Å². The lowest BCUT2D eigenvalue weighted by Gasteiger charge is -2.25. The first kappa shape index (κ1) is 12.6. The highest BCUT2D eigenvalue weighted by molar-refractivity contribution is 7.98. The molecule has 1 aromatic carbocycles. The smallest absolute Gasteiger partial charge is 0.227 e. The summed E-state index contributed by atoms with van der Waals surface area (Å²) in [6, 6.07) is 6.51. The Bertz CT molecular complexity index is 556. The highest BCUT2D eigenvalue weighted by Crippen LogP contribution is 2.22. The van der Waals surface area contributed by atoms with E-state index in [4.69, 9.17) is 4.52 Å². The summed E-state index contributed by atoms with van der Waals surface area (Å²) in [5.74, 6) is 2.34. The largest absolute Gasteiger partial charge is 0.339 e. The van der Waals surface area contributed by atoms with Crippen LogP contribution in [0.25, 0.3) is 0 Å². The number of nitrogens with zero attached hydrogens (tertiary/aromatic N) is 2. The Kier molecular flexibility index (Phi) is 3.79. The molecule has 0 bridgehead atoms. The average molecular weight is 279 g/mol. The van der Waals surface area contributed by atoms with Gasteiger partial charge in [0.2, 0.25) is 5.89 Å². The Morgan fingerprint density at radius 2 is 2.32 bits per heavy atom. The minimum Gasteiger partial charge on any atom is -0.339 e. The molecule has 2 aromatic rings. The third-order valence-corrected chi connectivity index (χ3v) is 3.99. The lowest BCUT2D eigenvalue weighted by molar-refractivity contribution is 0.295. The van der Waals surface area contributed by atoms with Crippen molar-refractivity contribution in [2.45, 2.75) is 17.1 Å². The normalized spacial score (nSPS) is 15.4. The van der Waals surface area contributed by atoms with Gasteiger partial charge in [0.15, 0.2) is 5.82 Å². The van der Waals surface area contributed by atoms with Crippen LogP contribution in [-0.4, -0.2) is 23.2 Å². The van der Waals surface area contributed by atoms with Crippen LogP contribution >= 0.6 is 11.8 Å². The minimum atomic E-state index is -0.226. The first-order valence-corrected chi connectivity index (χ1v) is 7.19. The van der Waals surface area contributed by atoms with Gasteiger partial charge in [-0.3, -0.25) is 0 Å². The SMILES string of the molecule is Fc1cccc(SCc2noc(CC3CNC3)n2)c1. The van der Waals surface area contributed by atoms with Gasteiger partial charge >= 0.3 is 0 Å². The Balaban J connectivity index is 1.54. The summed E-state index contributed by atoms with van der Waals surface area (Å²) in [5.41, 5.74) is 0. The highest BCUT2D eigenvalue weighted by Gasteiger charge is 2.20. The summed E-state index contributed by atoms with van der Waals surface area (Å²) >= 11 is 1.50. The molecule has 0 atom stereocenters. The highest BCUT2D eigenvalue weighted by atomic mass is 32.2. The van der Waals surface area contributed by atoms with Crippen LogP contribution in [0.4, 0.5) is 4.39 Å². The predicted molar refractivity (Wildman–Crippen MR) is 70.3 cm³/mol. The van der Waals surface area contributed by atoms with Gasteiger partial charge in [0.1, 0.15) is 5.82 Å². The maximum atomic E-state index is 13.0. The molecule has 1 N–H and O–H groups in total. The van der Waals surface area contributed by atoms with E-state index in [1.165, 1.54) is 23.9 Å². The summed E-state index contributed by atoms with van der Waals surface area (Å²) in [6.45, 7) is 2.05. The van der Waals surface area contributed by atoms with Crippen LogP contribution in [0.1, 0.15) is 11.7 Å². The maximum Gasteiger partial charge on any atom is 0.227 e. The number of halogens is 1. The molecule has 0 amide bonds. The molecule has 1 saturated heterocycles. The van der Waals surface area contributed by atoms with Gasteiger partial charge in [-0.2, -0.15) is 4.98 Å². The van der Waals surface area contributed by atoms with E-state index in [-0.39, 0.29) is 5.82 Å². The molecule has 0 radical (unpaired) electrons. The zero-order valence-corrected chi connectivity index (χ0v) is 11.1. The minimum absolute atomic E-state index is 0.226. The average Bonchev–Trinajstić information content (AvgIpc) is 2.79. The molecular weight excluding hydrogens is 265 g/mol. The van der Waals surface area contributed by atoms with Crippen LogP contribution in [0.2, 0.25) is 0 Å². The van der Waals surface area contributed by atoms with E-state index in [9.17, 15) is 4.39 Å². The topological polar surface area (TPSA) is 51.0 Å². The molecule has 2 heterocycles. The molecular formula is C13H14FN3OS. The molecule has 1 aromatic heterocycles. The van der Waals surface area contributed by atoms with Crippen molar-refractivity contribution < 1.29 is 8.91 Å². The fourth-order valence-corrected chi connectivity index (χ4v) is 2.66. The number of hydrogen-bond acceptors (Lipinski definition) is 5. The lowest BCUT2D eigenvalue weighted by atomic mass is 10.00. The molecule has 6 heteroatoms.